The first-order valence-electron chi connectivity index (χ1n) is 4.54. The number of nitrogens with two attached hydrogens (primary N) is 1. The van der Waals surface area contributed by atoms with Crippen LogP contribution in [0.4, 0.5) is 10.1 Å². The number of nitrogens with zero attached hydrogens (tertiary/aromatic N) is 3. The molecule has 2 N–H and O–H groups in total. The molecule has 0 aliphatic carbocycles. The zero-order valence-corrected chi connectivity index (χ0v) is 8.53. The van der Waals surface area contributed by atoms with Gasteiger partial charge in [-0.15, -0.1) is 0 Å². The van der Waals surface area contributed by atoms with Crippen molar-refractivity contribution in [3.8, 4) is 5.69 Å². The first-order valence-corrected chi connectivity index (χ1v) is 4.54. The van der Waals surface area contributed by atoms with Crippen molar-refractivity contribution in [2.45, 2.75) is 13.8 Å². The highest BCUT2D eigenvalue weighted by atomic mass is 19.1. The molecule has 0 radical (unpaired) electrons. The fraction of sp³-hybridized carbons (Fsp3) is 0.200. The zero-order valence-electron chi connectivity index (χ0n) is 8.53. The van der Waals surface area contributed by atoms with E-state index in [4.69, 9.17) is 5.73 Å². The third kappa shape index (κ3) is 1.56. The van der Waals surface area contributed by atoms with Gasteiger partial charge in [0.15, 0.2) is 0 Å². The maximum Gasteiger partial charge on any atom is 0.148 e. The van der Waals surface area contributed by atoms with E-state index in [-0.39, 0.29) is 5.69 Å². The molecule has 5 heteroatoms. The average molecular weight is 206 g/mol. The van der Waals surface area contributed by atoms with Crippen LogP contribution in [0, 0.1) is 19.7 Å². The summed E-state index contributed by atoms with van der Waals surface area (Å²) in [5.41, 5.74) is 6.24. The topological polar surface area (TPSA) is 56.7 Å². The fourth-order valence-electron chi connectivity index (χ4n) is 1.46. The van der Waals surface area contributed by atoms with Gasteiger partial charge in [-0.3, -0.25) is 0 Å². The summed E-state index contributed by atoms with van der Waals surface area (Å²) in [5, 5.41) is 4.14. The molecule has 1 heterocycles. The molecule has 0 bridgehead atoms. The molecule has 78 valence electrons. The Balaban J connectivity index is 2.64. The lowest BCUT2D eigenvalue weighted by atomic mass is 10.2. The van der Waals surface area contributed by atoms with Crippen molar-refractivity contribution in [2.75, 3.05) is 5.73 Å². The Morgan fingerprint density at radius 1 is 1.33 bits per heavy atom. The zero-order chi connectivity index (χ0) is 11.0. The maximum absolute atomic E-state index is 13.2. The predicted octanol–water partition coefficient (Wildman–Crippen LogP) is 1.61. The first-order chi connectivity index (χ1) is 7.09. The Bertz CT molecular complexity index is 504. The molecule has 1 aromatic heterocycles. The van der Waals surface area contributed by atoms with E-state index in [1.54, 1.807) is 26.0 Å². The third-order valence-electron chi connectivity index (χ3n) is 2.13. The Morgan fingerprint density at radius 3 is 2.67 bits per heavy atom. The summed E-state index contributed by atoms with van der Waals surface area (Å²) in [6.07, 6.45) is 0. The van der Waals surface area contributed by atoms with E-state index in [0.29, 0.717) is 17.3 Å². The largest absolute Gasteiger partial charge is 0.395 e. The molecule has 1 aromatic carbocycles. The minimum Gasteiger partial charge on any atom is -0.395 e. The van der Waals surface area contributed by atoms with Crippen molar-refractivity contribution >= 4 is 5.69 Å². The standard InChI is InChI=1S/C10H11FN4/c1-6-13-7(2)15(14-6)9-5-3-4-8(11)10(9)12/h3-5H,12H2,1-2H3. The Kier molecular flexibility index (Phi) is 2.15. The molecule has 0 unspecified atom stereocenters. The second kappa shape index (κ2) is 3.34. The fourth-order valence-corrected chi connectivity index (χ4v) is 1.46. The van der Waals surface area contributed by atoms with E-state index in [1.807, 2.05) is 0 Å². The van der Waals surface area contributed by atoms with Gasteiger partial charge in [0.05, 0.1) is 11.4 Å². The average Bonchev–Trinajstić information content (AvgIpc) is 2.50. The second-order valence-corrected chi connectivity index (χ2v) is 3.29. The number of para-hydroxylation sites is 1. The lowest BCUT2D eigenvalue weighted by Crippen LogP contribution is -2.05. The molecule has 2 rings (SSSR count). The van der Waals surface area contributed by atoms with Crippen LogP contribution in [0.5, 0.6) is 0 Å². The molecule has 0 spiro atoms. The second-order valence-electron chi connectivity index (χ2n) is 3.29. The monoisotopic (exact) mass is 206 g/mol. The van der Waals surface area contributed by atoms with Crippen LogP contribution in [0.15, 0.2) is 18.2 Å². The summed E-state index contributed by atoms with van der Waals surface area (Å²) in [7, 11) is 0. The van der Waals surface area contributed by atoms with Gasteiger partial charge in [-0.1, -0.05) is 6.07 Å². The van der Waals surface area contributed by atoms with Gasteiger partial charge in [0.2, 0.25) is 0 Å². The van der Waals surface area contributed by atoms with Crippen LogP contribution in [-0.2, 0) is 0 Å². The smallest absolute Gasteiger partial charge is 0.148 e. The highest BCUT2D eigenvalue weighted by Crippen LogP contribution is 2.20. The number of anilines is 1. The van der Waals surface area contributed by atoms with E-state index in [2.05, 4.69) is 10.1 Å². The van der Waals surface area contributed by atoms with E-state index in [9.17, 15) is 4.39 Å². The van der Waals surface area contributed by atoms with Gasteiger partial charge in [-0.05, 0) is 26.0 Å². The molecule has 0 aliphatic heterocycles. The van der Waals surface area contributed by atoms with Gasteiger partial charge >= 0.3 is 0 Å². The van der Waals surface area contributed by atoms with E-state index >= 15 is 0 Å². The summed E-state index contributed by atoms with van der Waals surface area (Å²) in [4.78, 5) is 4.13. The number of benzene rings is 1. The third-order valence-corrected chi connectivity index (χ3v) is 2.13. The van der Waals surface area contributed by atoms with Gasteiger partial charge in [0, 0.05) is 0 Å². The van der Waals surface area contributed by atoms with Crippen LogP contribution >= 0.6 is 0 Å². The van der Waals surface area contributed by atoms with Crippen molar-refractivity contribution in [2.24, 2.45) is 0 Å². The normalized spacial score (nSPS) is 10.6. The molecule has 0 aliphatic rings. The summed E-state index contributed by atoms with van der Waals surface area (Å²) in [5.74, 6) is 0.876. The molecule has 15 heavy (non-hydrogen) atoms. The molecule has 0 saturated heterocycles. The highest BCUT2D eigenvalue weighted by Gasteiger charge is 2.10. The van der Waals surface area contributed by atoms with Crippen molar-refractivity contribution < 1.29 is 4.39 Å². The summed E-state index contributed by atoms with van der Waals surface area (Å²) in [6, 6.07) is 4.62. The van der Waals surface area contributed by atoms with Crippen molar-refractivity contribution in [3.63, 3.8) is 0 Å². The van der Waals surface area contributed by atoms with Gasteiger partial charge in [0.25, 0.3) is 0 Å². The number of aryl methyl sites for hydroxylation is 2. The van der Waals surface area contributed by atoms with Crippen LogP contribution in [0.3, 0.4) is 0 Å². The SMILES string of the molecule is Cc1nc(C)n(-c2cccc(F)c2N)n1. The van der Waals surface area contributed by atoms with Gasteiger partial charge in [-0.25, -0.2) is 14.1 Å². The van der Waals surface area contributed by atoms with Crippen LogP contribution in [0.25, 0.3) is 5.69 Å². The Morgan fingerprint density at radius 2 is 2.07 bits per heavy atom. The van der Waals surface area contributed by atoms with Crippen LogP contribution in [0.1, 0.15) is 11.6 Å². The predicted molar refractivity (Wildman–Crippen MR) is 55.2 cm³/mol. The van der Waals surface area contributed by atoms with E-state index < -0.39 is 5.82 Å². The number of aromatic nitrogens is 3. The lowest BCUT2D eigenvalue weighted by molar-refractivity contribution is 0.630. The highest BCUT2D eigenvalue weighted by molar-refractivity contribution is 5.58. The van der Waals surface area contributed by atoms with Crippen LogP contribution in [0.2, 0.25) is 0 Å². The number of hydrogen-bond acceptors (Lipinski definition) is 3. The molecular weight excluding hydrogens is 195 g/mol. The Hall–Kier alpha value is -1.91. The summed E-state index contributed by atoms with van der Waals surface area (Å²) < 4.78 is 14.8. The quantitative estimate of drug-likeness (QED) is 0.721. The van der Waals surface area contributed by atoms with Crippen LogP contribution < -0.4 is 5.73 Å². The maximum atomic E-state index is 13.2. The molecule has 2 aromatic rings. The van der Waals surface area contributed by atoms with Crippen molar-refractivity contribution in [1.29, 1.82) is 0 Å². The lowest BCUT2D eigenvalue weighted by Gasteiger charge is -2.06. The number of nitrogen functional groups attached to an aromatic ring is 1. The Labute approximate surface area is 86.6 Å². The van der Waals surface area contributed by atoms with Crippen molar-refractivity contribution in [3.05, 3.63) is 35.7 Å². The number of rotatable bonds is 1. The molecular formula is C10H11FN4. The van der Waals surface area contributed by atoms with Gasteiger partial charge < -0.3 is 5.73 Å². The van der Waals surface area contributed by atoms with E-state index in [0.717, 1.165) is 0 Å². The first kappa shape index (κ1) is 9.64. The number of halogens is 1. The molecule has 0 fully saturated rings. The summed E-state index contributed by atoms with van der Waals surface area (Å²) in [6.45, 7) is 3.57. The van der Waals surface area contributed by atoms with Crippen molar-refractivity contribution in [1.82, 2.24) is 14.8 Å². The molecule has 0 saturated carbocycles. The number of hydrogen-bond donors (Lipinski definition) is 1. The van der Waals surface area contributed by atoms with Gasteiger partial charge in [-0.2, -0.15) is 5.10 Å². The molecule has 0 atom stereocenters. The minimum atomic E-state index is -0.444. The molecule has 4 nitrogen and oxygen atoms in total. The van der Waals surface area contributed by atoms with E-state index in [1.165, 1.54) is 10.7 Å². The molecule has 0 amide bonds. The minimum absolute atomic E-state index is 0.0884. The van der Waals surface area contributed by atoms with Gasteiger partial charge in [0.1, 0.15) is 17.5 Å². The summed E-state index contributed by atoms with van der Waals surface area (Å²) >= 11 is 0. The van der Waals surface area contributed by atoms with Crippen LogP contribution in [-0.4, -0.2) is 14.8 Å².